The summed E-state index contributed by atoms with van der Waals surface area (Å²) in [5.41, 5.74) is 0. The van der Waals surface area contributed by atoms with Crippen LogP contribution in [0.2, 0.25) is 0 Å². The minimum absolute atomic E-state index is 0.146. The summed E-state index contributed by atoms with van der Waals surface area (Å²) < 4.78 is 0. The Kier molecular flexibility index (Phi) is 1.59. The van der Waals surface area contributed by atoms with Gasteiger partial charge in [0, 0.05) is 6.54 Å². The van der Waals surface area contributed by atoms with Crippen molar-refractivity contribution in [1.82, 2.24) is 20.5 Å². The van der Waals surface area contributed by atoms with E-state index >= 15 is 0 Å². The van der Waals surface area contributed by atoms with E-state index in [1.165, 1.54) is 6.33 Å². The van der Waals surface area contributed by atoms with Crippen molar-refractivity contribution in [2.45, 2.75) is 18.6 Å². The second-order valence-electron chi connectivity index (χ2n) is 2.72. The van der Waals surface area contributed by atoms with Crippen molar-refractivity contribution in [2.24, 2.45) is 0 Å². The Labute approximate surface area is 63.8 Å². The van der Waals surface area contributed by atoms with Gasteiger partial charge in [0.15, 0.2) is 0 Å². The first-order valence-corrected chi connectivity index (χ1v) is 3.63. The van der Waals surface area contributed by atoms with Gasteiger partial charge in [-0.05, 0) is 6.42 Å². The molecule has 2 heterocycles. The summed E-state index contributed by atoms with van der Waals surface area (Å²) in [6.45, 7) is 0.644. The average molecular weight is 154 g/mol. The van der Waals surface area contributed by atoms with E-state index in [1.807, 2.05) is 0 Å². The lowest BCUT2D eigenvalue weighted by Crippen LogP contribution is -2.15. The summed E-state index contributed by atoms with van der Waals surface area (Å²) in [6, 6.07) is 0.146. The molecule has 0 spiro atoms. The molecule has 1 aliphatic rings. The van der Waals surface area contributed by atoms with Gasteiger partial charge in [0.1, 0.15) is 12.2 Å². The molecule has 0 aliphatic carbocycles. The highest BCUT2D eigenvalue weighted by Gasteiger charge is 2.24. The summed E-state index contributed by atoms with van der Waals surface area (Å²) in [5, 5.41) is 18.8. The Bertz CT molecular complexity index is 222. The number of β-amino-alcohol motifs (C(OH)–C–C–N with tert-alkyl or cyclic N) is 1. The van der Waals surface area contributed by atoms with E-state index in [-0.39, 0.29) is 12.1 Å². The summed E-state index contributed by atoms with van der Waals surface area (Å²) in [7, 11) is 0. The number of aliphatic hydroxyl groups excluding tert-OH is 1. The van der Waals surface area contributed by atoms with E-state index in [9.17, 15) is 5.11 Å². The molecule has 1 fully saturated rings. The number of aromatic nitrogens is 3. The number of rotatable bonds is 1. The number of hydrogen-bond donors (Lipinski definition) is 3. The van der Waals surface area contributed by atoms with Crippen molar-refractivity contribution in [3.05, 3.63) is 12.2 Å². The molecule has 5 nitrogen and oxygen atoms in total. The molecular formula is C6H10N4O. The molecule has 0 amide bonds. The molecule has 60 valence electrons. The number of H-pyrrole nitrogens is 1. The van der Waals surface area contributed by atoms with Crippen LogP contribution in [0, 0.1) is 0 Å². The number of hydrogen-bond acceptors (Lipinski definition) is 4. The zero-order valence-electron chi connectivity index (χ0n) is 5.99. The zero-order valence-corrected chi connectivity index (χ0v) is 5.99. The summed E-state index contributed by atoms with van der Waals surface area (Å²) >= 11 is 0. The molecule has 11 heavy (non-hydrogen) atoms. The summed E-state index contributed by atoms with van der Waals surface area (Å²) in [4.78, 5) is 3.99. The Morgan fingerprint density at radius 2 is 2.55 bits per heavy atom. The highest BCUT2D eigenvalue weighted by Crippen LogP contribution is 2.18. The van der Waals surface area contributed by atoms with Crippen LogP contribution in [0.25, 0.3) is 0 Å². The third-order valence-electron chi connectivity index (χ3n) is 1.87. The van der Waals surface area contributed by atoms with Crippen LogP contribution >= 0.6 is 0 Å². The highest BCUT2D eigenvalue weighted by atomic mass is 16.3. The normalized spacial score (nSPS) is 31.0. The molecule has 2 atom stereocenters. The highest BCUT2D eigenvalue weighted by molar-refractivity contribution is 4.96. The van der Waals surface area contributed by atoms with Crippen LogP contribution < -0.4 is 5.32 Å². The van der Waals surface area contributed by atoms with Crippen molar-refractivity contribution in [2.75, 3.05) is 6.54 Å². The first kappa shape index (κ1) is 6.75. The van der Waals surface area contributed by atoms with Gasteiger partial charge in [-0.1, -0.05) is 0 Å². The lowest BCUT2D eigenvalue weighted by Gasteiger charge is -2.03. The van der Waals surface area contributed by atoms with Gasteiger partial charge in [0.05, 0.1) is 12.1 Å². The Morgan fingerprint density at radius 3 is 3.09 bits per heavy atom. The van der Waals surface area contributed by atoms with Crippen LogP contribution in [0.5, 0.6) is 0 Å². The molecule has 0 bridgehead atoms. The Morgan fingerprint density at radius 1 is 1.64 bits per heavy atom. The van der Waals surface area contributed by atoms with Crippen molar-refractivity contribution >= 4 is 0 Å². The monoisotopic (exact) mass is 154 g/mol. The van der Waals surface area contributed by atoms with Gasteiger partial charge in [0.2, 0.25) is 0 Å². The second kappa shape index (κ2) is 2.60. The molecule has 0 aromatic carbocycles. The molecule has 0 saturated carbocycles. The smallest absolute Gasteiger partial charge is 0.141 e. The number of nitrogens with one attached hydrogen (secondary N) is 2. The average Bonchev–Trinajstić information content (AvgIpc) is 2.55. The fourth-order valence-electron chi connectivity index (χ4n) is 1.31. The van der Waals surface area contributed by atoms with Crippen LogP contribution in [0.1, 0.15) is 18.3 Å². The third-order valence-corrected chi connectivity index (χ3v) is 1.87. The lowest BCUT2D eigenvalue weighted by atomic mass is 10.2. The first-order valence-electron chi connectivity index (χ1n) is 3.63. The largest absolute Gasteiger partial charge is 0.392 e. The number of nitrogens with zero attached hydrogens (tertiary/aromatic N) is 2. The molecule has 5 heteroatoms. The van der Waals surface area contributed by atoms with Crippen LogP contribution in [0.4, 0.5) is 0 Å². The van der Waals surface area contributed by atoms with Crippen molar-refractivity contribution in [3.63, 3.8) is 0 Å². The second-order valence-corrected chi connectivity index (χ2v) is 2.72. The van der Waals surface area contributed by atoms with Crippen LogP contribution in [0.3, 0.4) is 0 Å². The molecule has 0 radical (unpaired) electrons. The zero-order chi connectivity index (χ0) is 7.68. The fourth-order valence-corrected chi connectivity index (χ4v) is 1.31. The van der Waals surface area contributed by atoms with E-state index in [0.29, 0.717) is 6.54 Å². The van der Waals surface area contributed by atoms with Crippen LogP contribution in [-0.4, -0.2) is 32.9 Å². The maximum atomic E-state index is 9.17. The molecule has 1 aromatic rings. The van der Waals surface area contributed by atoms with E-state index in [0.717, 1.165) is 12.2 Å². The Balaban J connectivity index is 2.08. The van der Waals surface area contributed by atoms with Gasteiger partial charge in [-0.3, -0.25) is 5.10 Å². The van der Waals surface area contributed by atoms with Gasteiger partial charge in [0.25, 0.3) is 0 Å². The Hall–Kier alpha value is -0.940. The fraction of sp³-hybridized carbons (Fsp3) is 0.667. The van der Waals surface area contributed by atoms with E-state index in [1.54, 1.807) is 0 Å². The molecule has 1 saturated heterocycles. The van der Waals surface area contributed by atoms with E-state index < -0.39 is 0 Å². The number of aromatic amines is 1. The predicted octanol–water partition coefficient (Wildman–Crippen LogP) is -0.800. The maximum Gasteiger partial charge on any atom is 0.141 e. The SMILES string of the molecule is O[C@@H]1CN[C@H](c2ncn[nH]2)C1. The quantitative estimate of drug-likeness (QED) is 0.495. The standard InChI is InChI=1S/C6H10N4O/c11-4-1-5(7-2-4)6-8-3-9-10-6/h3-5,7,11H,1-2H2,(H,8,9,10)/t4-,5-/m0/s1. The third kappa shape index (κ3) is 1.24. The molecule has 1 aromatic heterocycles. The summed E-state index contributed by atoms with van der Waals surface area (Å²) in [5.74, 6) is 0.807. The minimum Gasteiger partial charge on any atom is -0.392 e. The van der Waals surface area contributed by atoms with Crippen LogP contribution in [0.15, 0.2) is 6.33 Å². The topological polar surface area (TPSA) is 73.8 Å². The summed E-state index contributed by atoms with van der Waals surface area (Å²) in [6.07, 6.45) is 1.95. The molecule has 2 rings (SSSR count). The van der Waals surface area contributed by atoms with Gasteiger partial charge in [-0.2, -0.15) is 5.10 Å². The van der Waals surface area contributed by atoms with Gasteiger partial charge in [-0.15, -0.1) is 0 Å². The lowest BCUT2D eigenvalue weighted by molar-refractivity contribution is 0.193. The van der Waals surface area contributed by atoms with Crippen molar-refractivity contribution < 1.29 is 5.11 Å². The van der Waals surface area contributed by atoms with Crippen LogP contribution in [-0.2, 0) is 0 Å². The van der Waals surface area contributed by atoms with E-state index in [2.05, 4.69) is 20.5 Å². The maximum absolute atomic E-state index is 9.17. The number of aliphatic hydroxyl groups is 1. The molecule has 0 unspecified atom stereocenters. The first-order chi connectivity index (χ1) is 5.36. The molecule has 1 aliphatic heterocycles. The predicted molar refractivity (Wildman–Crippen MR) is 37.8 cm³/mol. The van der Waals surface area contributed by atoms with E-state index in [4.69, 9.17) is 0 Å². The van der Waals surface area contributed by atoms with Gasteiger partial charge in [-0.25, -0.2) is 4.98 Å². The molecule has 3 N–H and O–H groups in total. The minimum atomic E-state index is -0.245. The van der Waals surface area contributed by atoms with Gasteiger partial charge < -0.3 is 10.4 Å². The van der Waals surface area contributed by atoms with Gasteiger partial charge >= 0.3 is 0 Å². The van der Waals surface area contributed by atoms with Crippen molar-refractivity contribution in [1.29, 1.82) is 0 Å². The van der Waals surface area contributed by atoms with Crippen molar-refractivity contribution in [3.8, 4) is 0 Å². The molecular weight excluding hydrogens is 144 g/mol.